The zero-order valence-corrected chi connectivity index (χ0v) is 12.5. The molecule has 0 unspecified atom stereocenters. The van der Waals surface area contributed by atoms with Gasteiger partial charge in [-0.25, -0.2) is 4.79 Å². The van der Waals surface area contributed by atoms with Gasteiger partial charge in [0, 0.05) is 11.1 Å². The van der Waals surface area contributed by atoms with E-state index in [0.717, 1.165) is 23.1 Å². The van der Waals surface area contributed by atoms with Crippen molar-refractivity contribution in [2.24, 2.45) is 0 Å². The van der Waals surface area contributed by atoms with E-state index in [2.05, 4.69) is 0 Å². The van der Waals surface area contributed by atoms with Crippen LogP contribution in [0.3, 0.4) is 0 Å². The minimum atomic E-state index is -0.581. The van der Waals surface area contributed by atoms with Crippen molar-refractivity contribution in [3.8, 4) is 5.75 Å². The molecular weight excluding hydrogens is 300 g/mol. The maximum absolute atomic E-state index is 11.0. The number of halogens is 1. The summed E-state index contributed by atoms with van der Waals surface area (Å²) in [4.78, 5) is 11.0. The highest BCUT2D eigenvalue weighted by Crippen LogP contribution is 2.22. The Kier molecular flexibility index (Phi) is 5.81. The zero-order chi connectivity index (χ0) is 15.8. The molecule has 0 spiro atoms. The van der Waals surface area contributed by atoms with Crippen molar-refractivity contribution < 1.29 is 9.52 Å². The molecule has 0 atom stereocenters. The van der Waals surface area contributed by atoms with Gasteiger partial charge in [-0.1, -0.05) is 60.2 Å². The Balaban J connectivity index is 1.84. The second kappa shape index (κ2) is 8.05. The lowest BCUT2D eigenvalue weighted by Crippen LogP contribution is -1.95. The summed E-state index contributed by atoms with van der Waals surface area (Å²) in [6.07, 6.45) is 19.4. The second-order valence-electron chi connectivity index (χ2n) is 4.50. The molecule has 22 heavy (non-hydrogen) atoms. The Morgan fingerprint density at radius 2 is 1.73 bits per heavy atom. The van der Waals surface area contributed by atoms with Crippen LogP contribution in [0.15, 0.2) is 86.6 Å². The van der Waals surface area contributed by atoms with Gasteiger partial charge in [0.15, 0.2) is 0 Å². The summed E-state index contributed by atoms with van der Waals surface area (Å²) in [5.41, 5.74) is 0.525. The highest BCUT2D eigenvalue weighted by molar-refractivity contribution is 6.32. The molecule has 0 bridgehead atoms. The first kappa shape index (κ1) is 15.9. The second-order valence-corrected chi connectivity index (χ2v) is 4.91. The SMILES string of the molecule is O=c1cc(O)cc(/C=C/C=C/C=C/C=C/C2=C(Cl)C=CC2)o1. The summed E-state index contributed by atoms with van der Waals surface area (Å²) < 4.78 is 4.88. The summed E-state index contributed by atoms with van der Waals surface area (Å²) in [5, 5.41) is 10.0. The number of hydrogen-bond donors (Lipinski definition) is 1. The first-order valence-corrected chi connectivity index (χ1v) is 7.10. The van der Waals surface area contributed by atoms with Crippen LogP contribution in [0.1, 0.15) is 12.2 Å². The third kappa shape index (κ3) is 5.11. The monoisotopic (exact) mass is 314 g/mol. The fraction of sp³-hybridized carbons (Fsp3) is 0.0556. The Morgan fingerprint density at radius 1 is 1.05 bits per heavy atom. The molecule has 1 aliphatic rings. The van der Waals surface area contributed by atoms with Crippen LogP contribution in [-0.2, 0) is 0 Å². The zero-order valence-electron chi connectivity index (χ0n) is 11.8. The van der Waals surface area contributed by atoms with E-state index in [-0.39, 0.29) is 5.75 Å². The molecule has 1 aromatic rings. The van der Waals surface area contributed by atoms with Crippen molar-refractivity contribution in [1.82, 2.24) is 0 Å². The normalized spacial score (nSPS) is 15.5. The van der Waals surface area contributed by atoms with Crippen molar-refractivity contribution in [2.75, 3.05) is 0 Å². The van der Waals surface area contributed by atoms with Gasteiger partial charge in [0.25, 0.3) is 0 Å². The predicted octanol–water partition coefficient (Wildman–Crippen LogP) is 4.48. The lowest BCUT2D eigenvalue weighted by atomic mass is 10.2. The third-order valence-corrected chi connectivity index (χ3v) is 3.17. The maximum Gasteiger partial charge on any atom is 0.339 e. The van der Waals surface area contributed by atoms with Crippen LogP contribution in [0.5, 0.6) is 5.75 Å². The van der Waals surface area contributed by atoms with E-state index in [1.165, 1.54) is 6.07 Å². The van der Waals surface area contributed by atoms with Crippen molar-refractivity contribution in [3.05, 3.63) is 93.6 Å². The van der Waals surface area contributed by atoms with Gasteiger partial charge < -0.3 is 9.52 Å². The van der Waals surface area contributed by atoms with Gasteiger partial charge in [-0.3, -0.25) is 0 Å². The minimum Gasteiger partial charge on any atom is -0.508 e. The van der Waals surface area contributed by atoms with E-state index < -0.39 is 5.63 Å². The van der Waals surface area contributed by atoms with Crippen LogP contribution in [0.4, 0.5) is 0 Å². The predicted molar refractivity (Wildman–Crippen MR) is 89.7 cm³/mol. The molecule has 0 radical (unpaired) electrons. The van der Waals surface area contributed by atoms with Gasteiger partial charge >= 0.3 is 5.63 Å². The van der Waals surface area contributed by atoms with Crippen LogP contribution in [0, 0.1) is 0 Å². The Labute approximate surface area is 133 Å². The maximum atomic E-state index is 11.0. The van der Waals surface area contributed by atoms with Gasteiger partial charge in [0.1, 0.15) is 11.5 Å². The standard InChI is InChI=1S/C18H15ClO3/c19-17-11-7-9-14(17)8-5-3-1-2-4-6-10-16-12-15(20)13-18(21)22-16/h1-8,10-13,20H,9H2/b3-1+,4-2+,8-5+,10-6+. The lowest BCUT2D eigenvalue weighted by Gasteiger charge is -1.91. The highest BCUT2D eigenvalue weighted by Gasteiger charge is 2.01. The smallest absolute Gasteiger partial charge is 0.339 e. The first-order chi connectivity index (χ1) is 10.6. The largest absolute Gasteiger partial charge is 0.508 e. The number of rotatable bonds is 5. The summed E-state index contributed by atoms with van der Waals surface area (Å²) in [7, 11) is 0. The van der Waals surface area contributed by atoms with Crippen LogP contribution in [0.25, 0.3) is 6.08 Å². The molecule has 0 aromatic carbocycles. The van der Waals surface area contributed by atoms with Gasteiger partial charge in [-0.15, -0.1) is 0 Å². The quantitative estimate of drug-likeness (QED) is 0.815. The van der Waals surface area contributed by atoms with Gasteiger partial charge in [-0.05, 0) is 24.1 Å². The Morgan fingerprint density at radius 3 is 2.36 bits per heavy atom. The van der Waals surface area contributed by atoms with Crippen LogP contribution in [0.2, 0.25) is 0 Å². The fourth-order valence-electron chi connectivity index (χ4n) is 1.79. The molecule has 0 fully saturated rings. The molecule has 2 rings (SSSR count). The molecule has 0 saturated carbocycles. The molecule has 0 aliphatic heterocycles. The molecule has 1 aliphatic carbocycles. The minimum absolute atomic E-state index is 0.112. The third-order valence-electron chi connectivity index (χ3n) is 2.80. The van der Waals surface area contributed by atoms with E-state index in [4.69, 9.17) is 16.0 Å². The Hall–Kier alpha value is -2.52. The molecule has 1 N–H and O–H groups in total. The number of allylic oxidation sites excluding steroid dienone is 11. The molecule has 0 amide bonds. The number of hydrogen-bond acceptors (Lipinski definition) is 3. The molecule has 3 nitrogen and oxygen atoms in total. The molecule has 1 aromatic heterocycles. The van der Waals surface area contributed by atoms with E-state index in [1.54, 1.807) is 18.2 Å². The van der Waals surface area contributed by atoms with Crippen LogP contribution >= 0.6 is 11.6 Å². The summed E-state index contributed by atoms with van der Waals surface area (Å²) in [6, 6.07) is 2.39. The number of aromatic hydroxyl groups is 1. The average molecular weight is 315 g/mol. The molecule has 112 valence electrons. The molecular formula is C18H15ClO3. The molecule has 1 heterocycles. The van der Waals surface area contributed by atoms with Crippen molar-refractivity contribution in [3.63, 3.8) is 0 Å². The highest BCUT2D eigenvalue weighted by atomic mass is 35.5. The van der Waals surface area contributed by atoms with E-state index in [9.17, 15) is 9.90 Å². The summed E-state index contributed by atoms with van der Waals surface area (Å²) in [6.45, 7) is 0. The first-order valence-electron chi connectivity index (χ1n) is 6.72. The summed E-state index contributed by atoms with van der Waals surface area (Å²) >= 11 is 5.99. The fourth-order valence-corrected chi connectivity index (χ4v) is 2.01. The van der Waals surface area contributed by atoms with Crippen molar-refractivity contribution >= 4 is 17.7 Å². The molecule has 4 heteroatoms. The van der Waals surface area contributed by atoms with Gasteiger partial charge in [0.2, 0.25) is 0 Å². The lowest BCUT2D eigenvalue weighted by molar-refractivity contribution is 0.444. The van der Waals surface area contributed by atoms with Gasteiger partial charge in [-0.2, -0.15) is 0 Å². The van der Waals surface area contributed by atoms with Crippen molar-refractivity contribution in [2.45, 2.75) is 6.42 Å². The Bertz CT molecular complexity index is 759. The van der Waals surface area contributed by atoms with Crippen molar-refractivity contribution in [1.29, 1.82) is 0 Å². The van der Waals surface area contributed by atoms with Crippen LogP contribution < -0.4 is 5.63 Å². The summed E-state index contributed by atoms with van der Waals surface area (Å²) in [5.74, 6) is 0.188. The van der Waals surface area contributed by atoms with E-state index >= 15 is 0 Å². The van der Waals surface area contributed by atoms with Gasteiger partial charge in [0.05, 0.1) is 6.07 Å². The topological polar surface area (TPSA) is 50.4 Å². The molecule has 0 saturated heterocycles. The van der Waals surface area contributed by atoms with E-state index in [0.29, 0.717) is 5.76 Å². The van der Waals surface area contributed by atoms with Crippen LogP contribution in [-0.4, -0.2) is 5.11 Å². The average Bonchev–Trinajstić information content (AvgIpc) is 2.86. The van der Waals surface area contributed by atoms with E-state index in [1.807, 2.05) is 42.5 Å².